The fourth-order valence-corrected chi connectivity index (χ4v) is 3.94. The van der Waals surface area contributed by atoms with Crippen molar-refractivity contribution in [1.29, 1.82) is 5.26 Å². The van der Waals surface area contributed by atoms with Gasteiger partial charge in [-0.15, -0.1) is 0 Å². The van der Waals surface area contributed by atoms with Gasteiger partial charge in [0.15, 0.2) is 0 Å². The molecule has 0 N–H and O–H groups in total. The molecular formula is C21H20N2O2S. The number of rotatable bonds is 5. The summed E-state index contributed by atoms with van der Waals surface area (Å²) < 4.78 is 0. The van der Waals surface area contributed by atoms with Crippen molar-refractivity contribution in [2.45, 2.75) is 17.9 Å². The highest BCUT2D eigenvalue weighted by Crippen LogP contribution is 2.48. The Hall–Kier alpha value is -2.52. The zero-order valence-corrected chi connectivity index (χ0v) is 15.8. The van der Waals surface area contributed by atoms with E-state index in [1.165, 1.54) is 28.5 Å². The molecule has 26 heavy (non-hydrogen) atoms. The van der Waals surface area contributed by atoms with Gasteiger partial charge >= 0.3 is 0 Å². The van der Waals surface area contributed by atoms with Crippen LogP contribution in [0, 0.1) is 11.3 Å². The first-order valence-electron chi connectivity index (χ1n) is 8.27. The number of benzene rings is 2. The van der Waals surface area contributed by atoms with E-state index in [0.717, 1.165) is 5.03 Å². The average molecular weight is 364 g/mol. The van der Waals surface area contributed by atoms with Crippen LogP contribution >= 0.6 is 11.8 Å². The maximum atomic E-state index is 9.18. The standard InChI is InChI=1S/C21H20N2O2S/c1-15(25-24-3)17(14-22)9-5-7-11-20-23(2)21-18-10-6-4-8-16(18)12-13-19(21)26-20/h4-13,15H,1-3H3. The van der Waals surface area contributed by atoms with Gasteiger partial charge in [0.2, 0.25) is 0 Å². The van der Waals surface area contributed by atoms with Crippen molar-refractivity contribution >= 4 is 28.2 Å². The number of hydrogen-bond donors (Lipinski definition) is 0. The van der Waals surface area contributed by atoms with Crippen LogP contribution in [0.5, 0.6) is 0 Å². The molecule has 1 atom stereocenters. The minimum Gasteiger partial charge on any atom is -0.338 e. The number of nitrogens with zero attached hydrogens (tertiary/aromatic N) is 2. The molecule has 2 aromatic carbocycles. The van der Waals surface area contributed by atoms with E-state index < -0.39 is 6.10 Å². The highest BCUT2D eigenvalue weighted by molar-refractivity contribution is 8.03. The second-order valence-corrected chi connectivity index (χ2v) is 6.89. The van der Waals surface area contributed by atoms with Gasteiger partial charge < -0.3 is 4.90 Å². The van der Waals surface area contributed by atoms with Gasteiger partial charge in [-0.05, 0) is 30.5 Å². The lowest BCUT2D eigenvalue weighted by Crippen LogP contribution is -2.09. The maximum absolute atomic E-state index is 9.18. The van der Waals surface area contributed by atoms with Gasteiger partial charge in [0.05, 0.1) is 29.5 Å². The van der Waals surface area contributed by atoms with Gasteiger partial charge in [-0.1, -0.05) is 54.2 Å². The van der Waals surface area contributed by atoms with Crippen LogP contribution in [0.1, 0.15) is 6.92 Å². The first kappa shape index (κ1) is 18.3. The van der Waals surface area contributed by atoms with Crippen LogP contribution in [0.4, 0.5) is 5.69 Å². The van der Waals surface area contributed by atoms with E-state index in [0.29, 0.717) is 5.57 Å². The summed E-state index contributed by atoms with van der Waals surface area (Å²) in [7, 11) is 3.51. The van der Waals surface area contributed by atoms with E-state index in [9.17, 15) is 5.26 Å². The van der Waals surface area contributed by atoms with Crippen LogP contribution in [-0.2, 0) is 9.78 Å². The number of nitriles is 1. The molecule has 0 saturated carbocycles. The zero-order chi connectivity index (χ0) is 18.5. The van der Waals surface area contributed by atoms with E-state index in [4.69, 9.17) is 4.89 Å². The SMILES string of the molecule is COOC(C)C(C#N)=CC=CC=C1Sc2ccc3ccccc3c2N1C. The van der Waals surface area contributed by atoms with Gasteiger partial charge in [-0.3, -0.25) is 0 Å². The molecule has 0 saturated heterocycles. The summed E-state index contributed by atoms with van der Waals surface area (Å²) in [5, 5.41) is 12.8. The predicted octanol–water partition coefficient (Wildman–Crippen LogP) is 5.20. The van der Waals surface area contributed by atoms with Crippen molar-refractivity contribution < 1.29 is 9.78 Å². The molecule has 3 rings (SSSR count). The Morgan fingerprint density at radius 2 is 2.04 bits per heavy atom. The van der Waals surface area contributed by atoms with Gasteiger partial charge in [0, 0.05) is 17.3 Å². The monoisotopic (exact) mass is 364 g/mol. The lowest BCUT2D eigenvalue weighted by molar-refractivity contribution is -0.291. The van der Waals surface area contributed by atoms with Gasteiger partial charge in [-0.2, -0.15) is 5.26 Å². The number of anilines is 1. The predicted molar refractivity (Wildman–Crippen MR) is 107 cm³/mol. The highest BCUT2D eigenvalue weighted by Gasteiger charge is 2.23. The molecule has 1 aliphatic heterocycles. The second kappa shape index (κ2) is 8.24. The van der Waals surface area contributed by atoms with Gasteiger partial charge in [-0.25, -0.2) is 9.78 Å². The van der Waals surface area contributed by atoms with Crippen molar-refractivity contribution in [3.8, 4) is 6.07 Å². The van der Waals surface area contributed by atoms with Crippen LogP contribution in [0.25, 0.3) is 10.8 Å². The molecule has 2 aromatic rings. The number of thioether (sulfide) groups is 1. The Bertz CT molecular complexity index is 941. The lowest BCUT2D eigenvalue weighted by Gasteiger charge is -2.15. The summed E-state index contributed by atoms with van der Waals surface area (Å²) in [5.41, 5.74) is 1.74. The fourth-order valence-electron chi connectivity index (χ4n) is 2.86. The molecular weight excluding hydrogens is 344 g/mol. The third-order valence-electron chi connectivity index (χ3n) is 4.18. The van der Waals surface area contributed by atoms with Crippen molar-refractivity contribution in [1.82, 2.24) is 0 Å². The quantitative estimate of drug-likeness (QED) is 0.316. The molecule has 4 nitrogen and oxygen atoms in total. The molecule has 0 aromatic heterocycles. The first-order chi connectivity index (χ1) is 12.7. The Morgan fingerprint density at radius 1 is 1.23 bits per heavy atom. The van der Waals surface area contributed by atoms with E-state index in [-0.39, 0.29) is 0 Å². The van der Waals surface area contributed by atoms with E-state index >= 15 is 0 Å². The molecule has 0 radical (unpaired) electrons. The summed E-state index contributed by atoms with van der Waals surface area (Å²) in [5.74, 6) is 0. The molecule has 0 amide bonds. The minimum atomic E-state index is -0.401. The molecule has 0 spiro atoms. The number of hydrogen-bond acceptors (Lipinski definition) is 5. The summed E-state index contributed by atoms with van der Waals surface area (Å²) in [6.07, 6.45) is 7.16. The Kier molecular flexibility index (Phi) is 5.79. The van der Waals surface area contributed by atoms with Crippen molar-refractivity contribution in [2.24, 2.45) is 0 Å². The van der Waals surface area contributed by atoms with Crippen molar-refractivity contribution in [3.63, 3.8) is 0 Å². The molecule has 1 unspecified atom stereocenters. The number of fused-ring (bicyclic) bond motifs is 3. The third kappa shape index (κ3) is 3.68. The maximum Gasteiger partial charge on any atom is 0.125 e. The Labute approximate surface area is 157 Å². The average Bonchev–Trinajstić information content (AvgIpc) is 2.98. The molecule has 1 heterocycles. The summed E-state index contributed by atoms with van der Waals surface area (Å²) in [6.45, 7) is 1.77. The third-order valence-corrected chi connectivity index (χ3v) is 5.35. The molecule has 5 heteroatoms. The second-order valence-electron chi connectivity index (χ2n) is 5.82. The molecule has 1 aliphatic rings. The Morgan fingerprint density at radius 3 is 2.81 bits per heavy atom. The molecule has 0 aliphatic carbocycles. The number of allylic oxidation sites excluding steroid dienone is 4. The van der Waals surface area contributed by atoms with E-state index in [1.54, 1.807) is 24.8 Å². The van der Waals surface area contributed by atoms with Crippen molar-refractivity contribution in [2.75, 3.05) is 19.1 Å². The van der Waals surface area contributed by atoms with Crippen LogP contribution in [0.15, 0.2) is 76.2 Å². The van der Waals surface area contributed by atoms with Crippen molar-refractivity contribution in [3.05, 3.63) is 71.3 Å². The smallest absolute Gasteiger partial charge is 0.125 e. The van der Waals surface area contributed by atoms with Crippen LogP contribution < -0.4 is 4.90 Å². The molecule has 132 valence electrons. The van der Waals surface area contributed by atoms with Gasteiger partial charge in [0.1, 0.15) is 6.10 Å². The molecule has 0 bridgehead atoms. The van der Waals surface area contributed by atoms with E-state index in [2.05, 4.69) is 59.3 Å². The zero-order valence-electron chi connectivity index (χ0n) is 15.0. The lowest BCUT2D eigenvalue weighted by atomic mass is 10.1. The molecule has 0 fully saturated rings. The minimum absolute atomic E-state index is 0.401. The topological polar surface area (TPSA) is 45.5 Å². The Balaban J connectivity index is 1.81. The van der Waals surface area contributed by atoms with Crippen LogP contribution in [-0.4, -0.2) is 20.3 Å². The van der Waals surface area contributed by atoms with E-state index in [1.807, 2.05) is 18.2 Å². The normalized spacial score (nSPS) is 17.1. The van der Waals surface area contributed by atoms with Gasteiger partial charge in [0.25, 0.3) is 0 Å². The first-order valence-corrected chi connectivity index (χ1v) is 9.08. The summed E-state index contributed by atoms with van der Waals surface area (Å²) in [4.78, 5) is 13.1. The fraction of sp³-hybridized carbons (Fsp3) is 0.190. The largest absolute Gasteiger partial charge is 0.338 e. The summed E-state index contributed by atoms with van der Waals surface area (Å²) in [6, 6.07) is 14.9. The van der Waals surface area contributed by atoms with Crippen LogP contribution in [0.2, 0.25) is 0 Å². The summed E-state index contributed by atoms with van der Waals surface area (Å²) >= 11 is 1.74. The van der Waals surface area contributed by atoms with Crippen LogP contribution in [0.3, 0.4) is 0 Å². The highest BCUT2D eigenvalue weighted by atomic mass is 32.2.